The van der Waals surface area contributed by atoms with E-state index in [9.17, 15) is 4.79 Å². The molecule has 1 aromatic carbocycles. The first kappa shape index (κ1) is 15.5. The molecule has 6 heteroatoms. The molecule has 0 aliphatic heterocycles. The Morgan fingerprint density at radius 2 is 1.94 bits per heavy atom. The smallest absolute Gasteiger partial charge is 0.347 e. The van der Waals surface area contributed by atoms with E-state index in [1.807, 2.05) is 0 Å². The lowest BCUT2D eigenvalue weighted by Crippen LogP contribution is -2.26. The zero-order chi connectivity index (χ0) is 13.7. The van der Waals surface area contributed by atoms with E-state index in [-0.39, 0.29) is 6.61 Å². The highest BCUT2D eigenvalue weighted by molar-refractivity contribution is 9.11. The molecule has 1 N–H and O–H groups in total. The van der Waals surface area contributed by atoms with Crippen LogP contribution >= 0.6 is 31.9 Å². The monoisotopic (exact) mass is 380 g/mol. The van der Waals surface area contributed by atoms with Gasteiger partial charge in [-0.15, -0.1) is 0 Å². The molecule has 1 rings (SSSR count). The summed E-state index contributed by atoms with van der Waals surface area (Å²) < 4.78 is 11.7. The number of carbonyl (C=O) groups is 1. The fourth-order valence-electron chi connectivity index (χ4n) is 1.30. The third kappa shape index (κ3) is 3.96. The van der Waals surface area contributed by atoms with Crippen LogP contribution in [0.2, 0.25) is 0 Å². The number of hydrogen-bond donors (Lipinski definition) is 1. The zero-order valence-electron chi connectivity index (χ0n) is 10.1. The van der Waals surface area contributed by atoms with Gasteiger partial charge < -0.3 is 14.6 Å². The summed E-state index contributed by atoms with van der Waals surface area (Å²) in [4.78, 5) is 11.5. The molecule has 0 aliphatic rings. The minimum absolute atomic E-state index is 0.0646. The highest BCUT2D eigenvalue weighted by Crippen LogP contribution is 2.35. The number of carbonyl (C=O) groups excluding carboxylic acids is 1. The molecule has 0 aliphatic carbocycles. The minimum Gasteiger partial charge on any atom is -0.477 e. The molecule has 4 nitrogen and oxygen atoms in total. The van der Waals surface area contributed by atoms with Crippen LogP contribution in [0.5, 0.6) is 5.75 Å². The van der Waals surface area contributed by atoms with Gasteiger partial charge in [-0.3, -0.25) is 0 Å². The maximum Gasteiger partial charge on any atom is 0.347 e. The highest BCUT2D eigenvalue weighted by Gasteiger charge is 2.19. The Morgan fingerprint density at radius 3 is 2.39 bits per heavy atom. The zero-order valence-corrected chi connectivity index (χ0v) is 13.2. The number of benzene rings is 1. The van der Waals surface area contributed by atoms with Crippen LogP contribution < -0.4 is 4.74 Å². The summed E-state index contributed by atoms with van der Waals surface area (Å²) in [6.45, 7) is 3.62. The van der Waals surface area contributed by atoms with Crippen molar-refractivity contribution in [2.75, 3.05) is 6.61 Å². The van der Waals surface area contributed by atoms with Crippen LogP contribution in [0.25, 0.3) is 0 Å². The molecule has 0 aromatic heterocycles. The lowest BCUT2D eigenvalue weighted by molar-refractivity contribution is -0.150. The number of halogens is 2. The van der Waals surface area contributed by atoms with E-state index in [0.29, 0.717) is 21.3 Å². The number of hydrogen-bond acceptors (Lipinski definition) is 4. The molecule has 1 atom stereocenters. The molecule has 0 amide bonds. The van der Waals surface area contributed by atoms with Crippen LogP contribution in [-0.2, 0) is 16.1 Å². The minimum atomic E-state index is -0.697. The van der Waals surface area contributed by atoms with Gasteiger partial charge in [0.05, 0.1) is 22.2 Å². The van der Waals surface area contributed by atoms with Gasteiger partial charge in [-0.2, -0.15) is 0 Å². The summed E-state index contributed by atoms with van der Waals surface area (Å²) in [5.41, 5.74) is 0.741. The normalized spacial score (nSPS) is 12.1. The lowest BCUT2D eigenvalue weighted by atomic mass is 10.2. The molecular formula is C12H14Br2O4. The fraction of sp³-hybridized carbons (Fsp3) is 0.417. The fourth-order valence-corrected chi connectivity index (χ4v) is 2.77. The van der Waals surface area contributed by atoms with Crippen molar-refractivity contribution in [3.8, 4) is 5.75 Å². The van der Waals surface area contributed by atoms with Gasteiger partial charge in [-0.1, -0.05) is 0 Å². The molecular weight excluding hydrogens is 368 g/mol. The molecule has 100 valence electrons. The second kappa shape index (κ2) is 7.11. The Bertz CT molecular complexity index is 411. The highest BCUT2D eigenvalue weighted by atomic mass is 79.9. The van der Waals surface area contributed by atoms with Crippen molar-refractivity contribution < 1.29 is 19.4 Å². The van der Waals surface area contributed by atoms with Gasteiger partial charge >= 0.3 is 5.97 Å². The number of aliphatic hydroxyl groups excluding tert-OH is 1. The van der Waals surface area contributed by atoms with E-state index >= 15 is 0 Å². The molecule has 1 aromatic rings. The molecule has 0 bridgehead atoms. The van der Waals surface area contributed by atoms with E-state index < -0.39 is 12.1 Å². The van der Waals surface area contributed by atoms with Crippen LogP contribution in [0.15, 0.2) is 21.1 Å². The van der Waals surface area contributed by atoms with Gasteiger partial charge in [-0.25, -0.2) is 4.79 Å². The predicted octanol–water partition coefficient (Wildman–Crippen LogP) is 3.03. The molecule has 0 fully saturated rings. The second-order valence-electron chi connectivity index (χ2n) is 3.56. The molecule has 18 heavy (non-hydrogen) atoms. The first-order valence-corrected chi connectivity index (χ1v) is 7.00. The Labute approximate surface area is 123 Å². The largest absolute Gasteiger partial charge is 0.477 e. The van der Waals surface area contributed by atoms with E-state index in [4.69, 9.17) is 14.6 Å². The average molecular weight is 382 g/mol. The van der Waals surface area contributed by atoms with Crippen LogP contribution in [0.3, 0.4) is 0 Å². The Balaban J connectivity index is 2.88. The summed E-state index contributed by atoms with van der Waals surface area (Å²) in [5, 5.41) is 9.06. The summed E-state index contributed by atoms with van der Waals surface area (Å²) in [5.74, 6) is 0.0929. The van der Waals surface area contributed by atoms with Gasteiger partial charge in [0.15, 0.2) is 6.10 Å². The quantitative estimate of drug-likeness (QED) is 0.796. The number of esters is 1. The van der Waals surface area contributed by atoms with Crippen molar-refractivity contribution >= 4 is 37.8 Å². The molecule has 1 unspecified atom stereocenters. The van der Waals surface area contributed by atoms with Gasteiger partial charge in [0.2, 0.25) is 0 Å². The number of rotatable bonds is 5. The average Bonchev–Trinajstić information content (AvgIpc) is 2.33. The van der Waals surface area contributed by atoms with Gasteiger partial charge in [0, 0.05) is 0 Å². The Kier molecular flexibility index (Phi) is 6.11. The SMILES string of the molecule is CCOC(=O)C(C)Oc1c(Br)cc(CO)cc1Br. The molecule has 0 spiro atoms. The molecule has 0 saturated carbocycles. The van der Waals surface area contributed by atoms with Crippen LogP contribution in [0, 0.1) is 0 Å². The maximum atomic E-state index is 11.5. The molecule has 0 heterocycles. The van der Waals surface area contributed by atoms with Crippen LogP contribution in [0.1, 0.15) is 19.4 Å². The van der Waals surface area contributed by atoms with Crippen molar-refractivity contribution in [1.29, 1.82) is 0 Å². The summed E-state index contributed by atoms with van der Waals surface area (Å²) >= 11 is 6.67. The first-order chi connectivity index (χ1) is 8.49. The topological polar surface area (TPSA) is 55.8 Å². The van der Waals surface area contributed by atoms with Crippen LogP contribution in [-0.4, -0.2) is 23.8 Å². The summed E-state index contributed by atoms with van der Waals surface area (Å²) in [7, 11) is 0. The maximum absolute atomic E-state index is 11.5. The van der Waals surface area contributed by atoms with Crippen molar-refractivity contribution in [3.63, 3.8) is 0 Å². The van der Waals surface area contributed by atoms with Crippen molar-refractivity contribution in [3.05, 3.63) is 26.6 Å². The van der Waals surface area contributed by atoms with E-state index in [1.165, 1.54) is 0 Å². The molecule has 0 radical (unpaired) electrons. The Hall–Kier alpha value is -0.590. The van der Waals surface area contributed by atoms with E-state index in [2.05, 4.69) is 31.9 Å². The Morgan fingerprint density at radius 1 is 1.39 bits per heavy atom. The van der Waals surface area contributed by atoms with Crippen LogP contribution in [0.4, 0.5) is 0 Å². The van der Waals surface area contributed by atoms with Gasteiger partial charge in [0.1, 0.15) is 5.75 Å². The first-order valence-electron chi connectivity index (χ1n) is 5.41. The summed E-state index contributed by atoms with van der Waals surface area (Å²) in [6.07, 6.45) is -0.697. The summed E-state index contributed by atoms with van der Waals surface area (Å²) in [6, 6.07) is 3.47. The third-order valence-corrected chi connectivity index (χ3v) is 3.33. The lowest BCUT2D eigenvalue weighted by Gasteiger charge is -2.16. The van der Waals surface area contributed by atoms with Crippen molar-refractivity contribution in [2.45, 2.75) is 26.6 Å². The third-order valence-electron chi connectivity index (χ3n) is 2.15. The molecule has 0 saturated heterocycles. The van der Waals surface area contributed by atoms with Crippen molar-refractivity contribution in [2.24, 2.45) is 0 Å². The number of ether oxygens (including phenoxy) is 2. The number of aliphatic hydroxyl groups is 1. The second-order valence-corrected chi connectivity index (χ2v) is 5.27. The van der Waals surface area contributed by atoms with Gasteiger partial charge in [0.25, 0.3) is 0 Å². The predicted molar refractivity (Wildman–Crippen MR) is 74.5 cm³/mol. The van der Waals surface area contributed by atoms with Gasteiger partial charge in [-0.05, 0) is 63.4 Å². The van der Waals surface area contributed by atoms with E-state index in [0.717, 1.165) is 5.56 Å². The standard InChI is InChI=1S/C12H14Br2O4/c1-3-17-12(16)7(2)18-11-9(13)4-8(6-15)5-10(11)14/h4-5,7,15H,3,6H2,1-2H3. The van der Waals surface area contributed by atoms with Crippen molar-refractivity contribution in [1.82, 2.24) is 0 Å². The van der Waals surface area contributed by atoms with E-state index in [1.54, 1.807) is 26.0 Å².